The van der Waals surface area contributed by atoms with Gasteiger partial charge >= 0.3 is 0 Å². The zero-order chi connectivity index (χ0) is 23.1. The summed E-state index contributed by atoms with van der Waals surface area (Å²) in [5.74, 6) is 0.732. The topological polar surface area (TPSA) is 49.4 Å². The molecule has 172 valence electrons. The molecule has 32 heavy (non-hydrogen) atoms. The lowest BCUT2D eigenvalue weighted by Gasteiger charge is -2.30. The van der Waals surface area contributed by atoms with Crippen molar-refractivity contribution in [1.29, 1.82) is 0 Å². The maximum atomic E-state index is 13.2. The van der Waals surface area contributed by atoms with Gasteiger partial charge in [0.05, 0.1) is 5.75 Å². The number of thioether (sulfide) groups is 1. The summed E-state index contributed by atoms with van der Waals surface area (Å²) in [4.78, 5) is 27.9. The van der Waals surface area contributed by atoms with E-state index in [1.54, 1.807) is 17.0 Å². The highest BCUT2D eigenvalue weighted by Gasteiger charge is 2.28. The van der Waals surface area contributed by atoms with Crippen molar-refractivity contribution in [2.24, 2.45) is 0 Å². The number of nitrogens with one attached hydrogen (secondary N) is 1. The predicted octanol–water partition coefficient (Wildman–Crippen LogP) is 6.01. The van der Waals surface area contributed by atoms with Gasteiger partial charge in [0.15, 0.2) is 0 Å². The fraction of sp³-hybridized carbons (Fsp3) is 0.440. The third-order valence-corrected chi connectivity index (χ3v) is 7.52. The molecule has 2 aromatic rings. The maximum absolute atomic E-state index is 13.2. The Morgan fingerprint density at radius 2 is 1.84 bits per heavy atom. The normalized spacial score (nSPS) is 14.9. The molecule has 0 unspecified atom stereocenters. The van der Waals surface area contributed by atoms with Crippen molar-refractivity contribution in [3.63, 3.8) is 0 Å². The second kappa shape index (κ2) is 12.0. The van der Waals surface area contributed by atoms with Crippen LogP contribution in [0.5, 0.6) is 0 Å². The van der Waals surface area contributed by atoms with Gasteiger partial charge in [-0.05, 0) is 55.5 Å². The van der Waals surface area contributed by atoms with Crippen LogP contribution in [-0.4, -0.2) is 34.6 Å². The van der Waals surface area contributed by atoms with E-state index in [-0.39, 0.29) is 23.6 Å². The lowest BCUT2D eigenvalue weighted by Crippen LogP contribution is -2.50. The van der Waals surface area contributed by atoms with Crippen molar-refractivity contribution in [2.75, 3.05) is 5.75 Å². The lowest BCUT2D eigenvalue weighted by molar-refractivity contribution is -0.139. The van der Waals surface area contributed by atoms with E-state index < -0.39 is 6.04 Å². The summed E-state index contributed by atoms with van der Waals surface area (Å²) in [6.45, 7) is 4.26. The van der Waals surface area contributed by atoms with Gasteiger partial charge in [-0.1, -0.05) is 66.4 Å². The Kier molecular flexibility index (Phi) is 9.33. The largest absolute Gasteiger partial charge is 0.352 e. The Hall–Kier alpha value is -1.69. The van der Waals surface area contributed by atoms with Crippen LogP contribution in [0.15, 0.2) is 42.5 Å². The number of halogens is 2. The molecule has 0 aliphatic heterocycles. The van der Waals surface area contributed by atoms with Crippen LogP contribution in [0, 0.1) is 6.92 Å². The van der Waals surface area contributed by atoms with Crippen LogP contribution >= 0.6 is 35.0 Å². The van der Waals surface area contributed by atoms with Gasteiger partial charge < -0.3 is 10.2 Å². The highest BCUT2D eigenvalue weighted by molar-refractivity contribution is 7.99. The Labute approximate surface area is 205 Å². The van der Waals surface area contributed by atoms with Gasteiger partial charge in [-0.25, -0.2) is 0 Å². The molecule has 1 N–H and O–H groups in total. The Bertz CT molecular complexity index is 947. The number of benzene rings is 2. The standard InChI is InChI=1S/C25H30Cl2N2O2S/c1-17-7-3-4-8-19(17)14-29(18(2)25(31)28-22-9-5-6-10-22)24(30)16-32-15-20-11-12-21(26)13-23(20)27/h3-4,7-8,11-13,18,22H,5-6,9-10,14-16H2,1-2H3,(H,28,31)/t18-/m0/s1. The summed E-state index contributed by atoms with van der Waals surface area (Å²) in [7, 11) is 0. The second-order valence-corrected chi connectivity index (χ2v) is 10.2. The average Bonchev–Trinajstić information content (AvgIpc) is 3.27. The summed E-state index contributed by atoms with van der Waals surface area (Å²) >= 11 is 13.7. The molecule has 0 spiro atoms. The van der Waals surface area contributed by atoms with Crippen molar-refractivity contribution >= 4 is 46.8 Å². The zero-order valence-electron chi connectivity index (χ0n) is 18.6. The number of carbonyl (C=O) groups is 2. The van der Waals surface area contributed by atoms with Crippen LogP contribution in [0.2, 0.25) is 10.0 Å². The molecule has 0 radical (unpaired) electrons. The lowest BCUT2D eigenvalue weighted by atomic mass is 10.1. The molecule has 0 heterocycles. The van der Waals surface area contributed by atoms with Crippen molar-refractivity contribution in [3.8, 4) is 0 Å². The third-order valence-electron chi connectivity index (χ3n) is 5.97. The quantitative estimate of drug-likeness (QED) is 0.466. The first kappa shape index (κ1) is 24.9. The van der Waals surface area contributed by atoms with Gasteiger partial charge in [0.25, 0.3) is 0 Å². The molecule has 0 saturated heterocycles. The van der Waals surface area contributed by atoms with Crippen LogP contribution in [0.3, 0.4) is 0 Å². The van der Waals surface area contributed by atoms with Crippen molar-refractivity contribution in [2.45, 2.75) is 63.9 Å². The third kappa shape index (κ3) is 6.90. The predicted molar refractivity (Wildman–Crippen MR) is 134 cm³/mol. The van der Waals surface area contributed by atoms with Crippen LogP contribution in [0.25, 0.3) is 0 Å². The minimum Gasteiger partial charge on any atom is -0.352 e. The van der Waals surface area contributed by atoms with Gasteiger partial charge in [-0.2, -0.15) is 0 Å². The Balaban J connectivity index is 1.67. The van der Waals surface area contributed by atoms with Gasteiger partial charge in [-0.3, -0.25) is 9.59 Å². The SMILES string of the molecule is Cc1ccccc1CN(C(=O)CSCc1ccc(Cl)cc1Cl)[C@@H](C)C(=O)NC1CCCC1. The number of nitrogens with zero attached hydrogens (tertiary/aromatic N) is 1. The van der Waals surface area contributed by atoms with Gasteiger partial charge in [0, 0.05) is 28.4 Å². The summed E-state index contributed by atoms with van der Waals surface area (Å²) in [5.41, 5.74) is 3.09. The first-order valence-corrected chi connectivity index (χ1v) is 12.9. The molecule has 0 bridgehead atoms. The molecule has 1 aliphatic carbocycles. The number of amides is 2. The average molecular weight is 494 g/mol. The van der Waals surface area contributed by atoms with Gasteiger partial charge in [-0.15, -0.1) is 11.8 Å². The molecule has 1 aliphatic rings. The molecule has 0 aromatic heterocycles. The van der Waals surface area contributed by atoms with Crippen LogP contribution < -0.4 is 5.32 Å². The molecule has 1 fully saturated rings. The van der Waals surface area contributed by atoms with Crippen molar-refractivity contribution < 1.29 is 9.59 Å². The van der Waals surface area contributed by atoms with Crippen molar-refractivity contribution in [1.82, 2.24) is 10.2 Å². The van der Waals surface area contributed by atoms with E-state index >= 15 is 0 Å². The minimum atomic E-state index is -0.539. The van der Waals surface area contributed by atoms with Crippen LogP contribution in [0.4, 0.5) is 0 Å². The second-order valence-electron chi connectivity index (χ2n) is 8.34. The minimum absolute atomic E-state index is 0.0580. The first-order valence-electron chi connectivity index (χ1n) is 11.0. The molecule has 2 amide bonds. The number of aryl methyl sites for hydroxylation is 1. The molecular formula is C25H30Cl2N2O2S. The Morgan fingerprint density at radius 3 is 2.53 bits per heavy atom. The smallest absolute Gasteiger partial charge is 0.242 e. The summed E-state index contributed by atoms with van der Waals surface area (Å²) < 4.78 is 0. The van der Waals surface area contributed by atoms with E-state index in [9.17, 15) is 9.59 Å². The fourth-order valence-corrected chi connectivity index (χ4v) is 5.38. The number of carbonyl (C=O) groups excluding carboxylic acids is 2. The van der Waals surface area contributed by atoms with E-state index in [0.717, 1.165) is 42.4 Å². The molecule has 4 nitrogen and oxygen atoms in total. The fourth-order valence-electron chi connectivity index (χ4n) is 3.92. The zero-order valence-corrected chi connectivity index (χ0v) is 20.9. The van der Waals surface area contributed by atoms with Crippen LogP contribution in [-0.2, 0) is 21.9 Å². The monoisotopic (exact) mass is 492 g/mol. The molecule has 1 atom stereocenters. The summed E-state index contributed by atoms with van der Waals surface area (Å²) in [6, 6.07) is 13.1. The number of hydrogen-bond donors (Lipinski definition) is 1. The van der Waals surface area contributed by atoms with Gasteiger partial charge in [0.2, 0.25) is 11.8 Å². The summed E-state index contributed by atoms with van der Waals surface area (Å²) in [5, 5.41) is 4.32. The van der Waals surface area contributed by atoms with E-state index in [1.165, 1.54) is 11.8 Å². The highest BCUT2D eigenvalue weighted by Crippen LogP contribution is 2.25. The highest BCUT2D eigenvalue weighted by atomic mass is 35.5. The maximum Gasteiger partial charge on any atom is 0.242 e. The first-order chi connectivity index (χ1) is 15.3. The molecular weight excluding hydrogens is 463 g/mol. The molecule has 2 aromatic carbocycles. The molecule has 3 rings (SSSR count). The summed E-state index contributed by atoms with van der Waals surface area (Å²) in [6.07, 6.45) is 4.33. The van der Waals surface area contributed by atoms with Gasteiger partial charge in [0.1, 0.15) is 6.04 Å². The molecule has 7 heteroatoms. The Morgan fingerprint density at radius 1 is 1.12 bits per heavy atom. The van der Waals surface area contributed by atoms with E-state index in [4.69, 9.17) is 23.2 Å². The van der Waals surface area contributed by atoms with E-state index in [1.807, 2.05) is 44.2 Å². The van der Waals surface area contributed by atoms with E-state index in [0.29, 0.717) is 22.3 Å². The van der Waals surface area contributed by atoms with Crippen LogP contribution in [0.1, 0.15) is 49.3 Å². The van der Waals surface area contributed by atoms with Crippen molar-refractivity contribution in [3.05, 3.63) is 69.2 Å². The number of rotatable bonds is 9. The molecule has 1 saturated carbocycles. The number of hydrogen-bond acceptors (Lipinski definition) is 3. The van der Waals surface area contributed by atoms with E-state index in [2.05, 4.69) is 5.32 Å².